The molecule has 0 unspecified atom stereocenters. The summed E-state index contributed by atoms with van der Waals surface area (Å²) in [5, 5.41) is 23.0. The number of amidine groups is 1. The van der Waals surface area contributed by atoms with Gasteiger partial charge in [-0.1, -0.05) is 11.8 Å². The summed E-state index contributed by atoms with van der Waals surface area (Å²) in [5.74, 6) is 0. The Morgan fingerprint density at radius 3 is 2.78 bits per heavy atom. The second-order valence-electron chi connectivity index (χ2n) is 4.84. The fourth-order valence-electron chi connectivity index (χ4n) is 2.28. The normalized spacial score (nSPS) is 15.2. The minimum absolute atomic E-state index is 0.0577. The smallest absolute Gasteiger partial charge is 0.292 e. The standard InChI is InChI=1S/C14H17N5O3S/c1-10-7-13(19(20)21)12(18-3-5-22-6-4-18)8-11(10)17-14(23-2)16-9-15/h7-8H,3-6H2,1-2H3,(H,16,17). The number of rotatable bonds is 3. The van der Waals surface area contributed by atoms with Crippen molar-refractivity contribution < 1.29 is 9.66 Å². The average molecular weight is 335 g/mol. The molecule has 0 radical (unpaired) electrons. The fourth-order valence-corrected chi connectivity index (χ4v) is 2.61. The number of nitro benzene ring substituents is 1. The van der Waals surface area contributed by atoms with Crippen molar-refractivity contribution in [3.05, 3.63) is 27.8 Å². The number of hydrogen-bond donors (Lipinski definition) is 1. The zero-order chi connectivity index (χ0) is 16.8. The highest BCUT2D eigenvalue weighted by Gasteiger charge is 2.23. The van der Waals surface area contributed by atoms with Gasteiger partial charge < -0.3 is 9.64 Å². The second-order valence-corrected chi connectivity index (χ2v) is 5.64. The van der Waals surface area contributed by atoms with Crippen molar-refractivity contribution in [1.29, 1.82) is 5.26 Å². The topological polar surface area (TPSA) is 104 Å². The summed E-state index contributed by atoms with van der Waals surface area (Å²) in [4.78, 5) is 17.3. The number of nitrogens with one attached hydrogen (secondary N) is 1. The Hall–Kier alpha value is -2.31. The summed E-state index contributed by atoms with van der Waals surface area (Å²) < 4.78 is 5.30. The third-order valence-electron chi connectivity index (χ3n) is 3.42. The molecule has 2 rings (SSSR count). The van der Waals surface area contributed by atoms with Gasteiger partial charge in [-0.2, -0.15) is 5.26 Å². The first-order valence-electron chi connectivity index (χ1n) is 6.96. The number of benzene rings is 1. The molecular formula is C14H17N5O3S. The van der Waals surface area contributed by atoms with Gasteiger partial charge in [0.1, 0.15) is 5.69 Å². The average Bonchev–Trinajstić information content (AvgIpc) is 2.56. The van der Waals surface area contributed by atoms with E-state index in [1.807, 2.05) is 11.1 Å². The summed E-state index contributed by atoms with van der Waals surface area (Å²) >= 11 is 1.30. The lowest BCUT2D eigenvalue weighted by atomic mass is 10.1. The number of thioether (sulfide) groups is 1. The third-order valence-corrected chi connectivity index (χ3v) is 4.00. The van der Waals surface area contributed by atoms with E-state index >= 15 is 0 Å². The number of morpholine rings is 1. The molecule has 122 valence electrons. The molecule has 0 aliphatic carbocycles. The molecule has 1 aromatic carbocycles. The first-order valence-corrected chi connectivity index (χ1v) is 8.18. The minimum atomic E-state index is -0.381. The molecule has 1 aliphatic heterocycles. The van der Waals surface area contributed by atoms with E-state index in [-0.39, 0.29) is 10.6 Å². The molecule has 0 bridgehead atoms. The molecule has 1 saturated heterocycles. The molecule has 0 amide bonds. The van der Waals surface area contributed by atoms with Gasteiger partial charge in [-0.3, -0.25) is 15.4 Å². The maximum Gasteiger partial charge on any atom is 0.292 e. The van der Waals surface area contributed by atoms with Crippen molar-refractivity contribution >= 4 is 34.0 Å². The van der Waals surface area contributed by atoms with Crippen LogP contribution in [-0.2, 0) is 4.74 Å². The van der Waals surface area contributed by atoms with Gasteiger partial charge in [0.2, 0.25) is 0 Å². The van der Waals surface area contributed by atoms with Crippen LogP contribution in [0.15, 0.2) is 17.1 Å². The van der Waals surface area contributed by atoms with Gasteiger partial charge in [-0.05, 0) is 24.8 Å². The van der Waals surface area contributed by atoms with Crippen LogP contribution < -0.4 is 10.2 Å². The Labute approximate surface area is 138 Å². The summed E-state index contributed by atoms with van der Waals surface area (Å²) in [6, 6.07) is 3.22. The molecule has 0 atom stereocenters. The van der Waals surface area contributed by atoms with E-state index in [9.17, 15) is 10.1 Å². The van der Waals surface area contributed by atoms with Crippen LogP contribution in [-0.4, -0.2) is 42.7 Å². The third kappa shape index (κ3) is 4.12. The highest BCUT2D eigenvalue weighted by atomic mass is 32.2. The summed E-state index contributed by atoms with van der Waals surface area (Å²) in [6.07, 6.45) is 3.63. The number of aryl methyl sites for hydroxylation is 1. The number of anilines is 1. The lowest BCUT2D eigenvalue weighted by Gasteiger charge is -2.28. The van der Waals surface area contributed by atoms with Crippen molar-refractivity contribution in [2.75, 3.05) is 37.5 Å². The molecule has 1 fully saturated rings. The van der Waals surface area contributed by atoms with Crippen LogP contribution in [0.3, 0.4) is 0 Å². The van der Waals surface area contributed by atoms with Crippen LogP contribution in [0.4, 0.5) is 17.1 Å². The number of ether oxygens (including phenoxy) is 1. The van der Waals surface area contributed by atoms with Crippen molar-refractivity contribution in [2.24, 2.45) is 4.99 Å². The van der Waals surface area contributed by atoms with E-state index in [4.69, 9.17) is 10.00 Å². The predicted molar refractivity (Wildman–Crippen MR) is 90.2 cm³/mol. The second kappa shape index (κ2) is 7.80. The highest BCUT2D eigenvalue weighted by Crippen LogP contribution is 2.35. The molecular weight excluding hydrogens is 318 g/mol. The molecule has 8 nitrogen and oxygen atoms in total. The zero-order valence-corrected chi connectivity index (χ0v) is 13.7. The summed E-state index contributed by atoms with van der Waals surface area (Å²) in [5.41, 5.74) is 1.87. The van der Waals surface area contributed by atoms with E-state index in [2.05, 4.69) is 10.3 Å². The number of nitriles is 1. The maximum absolute atomic E-state index is 11.4. The zero-order valence-electron chi connectivity index (χ0n) is 12.9. The van der Waals surface area contributed by atoms with Crippen LogP contribution in [0.25, 0.3) is 0 Å². The molecule has 1 aliphatic rings. The van der Waals surface area contributed by atoms with Gasteiger partial charge in [0.15, 0.2) is 11.4 Å². The number of hydrogen-bond acceptors (Lipinski definition) is 7. The van der Waals surface area contributed by atoms with Crippen LogP contribution in [0.2, 0.25) is 0 Å². The van der Waals surface area contributed by atoms with Gasteiger partial charge >= 0.3 is 0 Å². The van der Waals surface area contributed by atoms with Crippen molar-refractivity contribution in [3.63, 3.8) is 0 Å². The fraction of sp³-hybridized carbons (Fsp3) is 0.429. The van der Waals surface area contributed by atoms with E-state index in [1.54, 1.807) is 19.2 Å². The molecule has 9 heteroatoms. The van der Waals surface area contributed by atoms with Gasteiger partial charge in [-0.25, -0.2) is 4.99 Å². The Morgan fingerprint density at radius 2 is 2.22 bits per heavy atom. The molecule has 23 heavy (non-hydrogen) atoms. The monoisotopic (exact) mass is 335 g/mol. The van der Waals surface area contributed by atoms with E-state index < -0.39 is 0 Å². The van der Waals surface area contributed by atoms with Crippen molar-refractivity contribution in [1.82, 2.24) is 5.32 Å². The van der Waals surface area contributed by atoms with E-state index in [0.717, 1.165) is 0 Å². The van der Waals surface area contributed by atoms with Crippen molar-refractivity contribution in [2.45, 2.75) is 6.92 Å². The summed E-state index contributed by atoms with van der Waals surface area (Å²) in [7, 11) is 0. The molecule has 0 spiro atoms. The highest BCUT2D eigenvalue weighted by molar-refractivity contribution is 8.13. The molecule has 0 saturated carbocycles. The summed E-state index contributed by atoms with van der Waals surface area (Å²) in [6.45, 7) is 4.03. The van der Waals surface area contributed by atoms with Crippen LogP contribution in [0.1, 0.15) is 5.56 Å². The number of aliphatic imine (C=N–C) groups is 1. The molecule has 0 aromatic heterocycles. The largest absolute Gasteiger partial charge is 0.378 e. The lowest BCUT2D eigenvalue weighted by Crippen LogP contribution is -2.36. The Kier molecular flexibility index (Phi) is 5.78. The molecule has 1 N–H and O–H groups in total. The quantitative estimate of drug-likeness (QED) is 0.225. The lowest BCUT2D eigenvalue weighted by molar-refractivity contribution is -0.384. The van der Waals surface area contributed by atoms with Gasteiger partial charge in [0.25, 0.3) is 5.69 Å². The Morgan fingerprint density at radius 1 is 1.52 bits per heavy atom. The molecule has 1 aromatic rings. The predicted octanol–water partition coefficient (Wildman–Crippen LogP) is 2.16. The van der Waals surface area contributed by atoms with Crippen molar-refractivity contribution in [3.8, 4) is 6.19 Å². The van der Waals surface area contributed by atoms with Crippen LogP contribution in [0.5, 0.6) is 0 Å². The number of nitro groups is 1. The Bertz CT molecular complexity index is 665. The van der Waals surface area contributed by atoms with E-state index in [1.165, 1.54) is 17.8 Å². The minimum Gasteiger partial charge on any atom is -0.378 e. The van der Waals surface area contributed by atoms with Crippen LogP contribution >= 0.6 is 11.8 Å². The Balaban J connectivity index is 2.48. The van der Waals surface area contributed by atoms with Gasteiger partial charge in [-0.15, -0.1) is 0 Å². The first-order chi connectivity index (χ1) is 11.1. The molecule has 1 heterocycles. The van der Waals surface area contributed by atoms with Crippen LogP contribution in [0, 0.1) is 28.5 Å². The van der Waals surface area contributed by atoms with Gasteiger partial charge in [0.05, 0.1) is 23.8 Å². The first kappa shape index (κ1) is 17.1. The van der Waals surface area contributed by atoms with E-state index in [0.29, 0.717) is 48.4 Å². The maximum atomic E-state index is 11.4. The van der Waals surface area contributed by atoms with Gasteiger partial charge in [0, 0.05) is 19.2 Å². The number of nitrogens with zero attached hydrogens (tertiary/aromatic N) is 4. The SMILES string of the molecule is CSC(=Nc1cc(N2CCOCC2)c([N+](=O)[O-])cc1C)NC#N.